The zero-order chi connectivity index (χ0) is 15.4. The highest BCUT2D eigenvalue weighted by molar-refractivity contribution is 9.10. The summed E-state index contributed by atoms with van der Waals surface area (Å²) in [6, 6.07) is 5.82. The van der Waals surface area contributed by atoms with Crippen molar-refractivity contribution in [1.29, 1.82) is 0 Å². The van der Waals surface area contributed by atoms with Gasteiger partial charge < -0.3 is 10.1 Å². The average Bonchev–Trinajstić information content (AvgIpc) is 2.40. The first-order valence-electron chi connectivity index (χ1n) is 6.64. The number of hydrogen-bond donors (Lipinski definition) is 1. The Bertz CT molecular complexity index is 626. The van der Waals surface area contributed by atoms with Gasteiger partial charge in [0.1, 0.15) is 17.6 Å². The van der Waals surface area contributed by atoms with Gasteiger partial charge >= 0.3 is 0 Å². The van der Waals surface area contributed by atoms with Crippen LogP contribution in [0.5, 0.6) is 0 Å². The molecule has 2 rings (SSSR count). The van der Waals surface area contributed by atoms with Crippen molar-refractivity contribution >= 4 is 39.0 Å². The number of rotatable bonds is 5. The van der Waals surface area contributed by atoms with E-state index in [-0.39, 0.29) is 0 Å². The summed E-state index contributed by atoms with van der Waals surface area (Å²) in [6.45, 7) is 6.99. The molecule has 0 atom stereocenters. The summed E-state index contributed by atoms with van der Waals surface area (Å²) in [5.41, 5.74) is 3.28. The molecule has 0 unspecified atom stereocenters. The quantitative estimate of drug-likeness (QED) is 0.769. The fourth-order valence-electron chi connectivity index (χ4n) is 2.02. The predicted molar refractivity (Wildman–Crippen MR) is 89.3 cm³/mol. The molecule has 0 fully saturated rings. The Hall–Kier alpha value is -1.17. The highest BCUT2D eigenvalue weighted by atomic mass is 79.9. The first kappa shape index (κ1) is 16.2. The molecule has 0 aliphatic rings. The second-order valence-electron chi connectivity index (χ2n) is 4.67. The minimum absolute atomic E-state index is 0.351. The molecule has 1 aromatic heterocycles. The van der Waals surface area contributed by atoms with Gasteiger partial charge in [-0.1, -0.05) is 27.5 Å². The molecule has 1 heterocycles. The number of benzene rings is 1. The van der Waals surface area contributed by atoms with Gasteiger partial charge in [0.15, 0.2) is 5.82 Å². The van der Waals surface area contributed by atoms with Crippen molar-refractivity contribution in [2.45, 2.75) is 27.4 Å². The third kappa shape index (κ3) is 4.40. The number of hydrogen-bond acceptors (Lipinski definition) is 4. The van der Waals surface area contributed by atoms with Crippen LogP contribution in [0.25, 0.3) is 0 Å². The minimum Gasteiger partial charge on any atom is -0.374 e. The number of nitrogens with one attached hydrogen (secondary N) is 1. The van der Waals surface area contributed by atoms with Gasteiger partial charge in [-0.3, -0.25) is 0 Å². The zero-order valence-electron chi connectivity index (χ0n) is 12.2. The van der Waals surface area contributed by atoms with Crippen LogP contribution >= 0.6 is 27.5 Å². The van der Waals surface area contributed by atoms with E-state index in [0.29, 0.717) is 30.0 Å². The van der Waals surface area contributed by atoms with E-state index in [0.717, 1.165) is 21.3 Å². The standard InChI is InChI=1S/C15H17BrClN3O/c1-4-21-8-14-18-12(17)7-13(19-14)20-15-9(2)5-11(16)6-10(15)3/h5-7H,4,8H2,1-3H3,(H,18,19,20). The lowest BCUT2D eigenvalue weighted by Gasteiger charge is -2.13. The Kier molecular flexibility index (Phi) is 5.56. The van der Waals surface area contributed by atoms with Crippen molar-refractivity contribution in [1.82, 2.24) is 9.97 Å². The molecule has 112 valence electrons. The van der Waals surface area contributed by atoms with Gasteiger partial charge in [-0.05, 0) is 44.0 Å². The summed E-state index contributed by atoms with van der Waals surface area (Å²) < 4.78 is 6.38. The Morgan fingerprint density at radius 2 is 1.86 bits per heavy atom. The molecular formula is C15H17BrClN3O. The number of anilines is 2. The van der Waals surface area contributed by atoms with E-state index >= 15 is 0 Å². The summed E-state index contributed by atoms with van der Waals surface area (Å²) in [5, 5.41) is 3.71. The molecule has 0 aliphatic carbocycles. The lowest BCUT2D eigenvalue weighted by molar-refractivity contribution is 0.128. The van der Waals surface area contributed by atoms with E-state index in [4.69, 9.17) is 16.3 Å². The van der Waals surface area contributed by atoms with E-state index in [1.807, 2.05) is 20.8 Å². The normalized spacial score (nSPS) is 10.7. The Morgan fingerprint density at radius 3 is 2.48 bits per heavy atom. The van der Waals surface area contributed by atoms with Crippen molar-refractivity contribution in [3.05, 3.63) is 44.8 Å². The summed E-state index contributed by atoms with van der Waals surface area (Å²) >= 11 is 9.54. The van der Waals surface area contributed by atoms with Gasteiger partial charge in [0, 0.05) is 22.8 Å². The second kappa shape index (κ2) is 7.20. The Morgan fingerprint density at radius 1 is 1.19 bits per heavy atom. The average molecular weight is 371 g/mol. The molecule has 1 N–H and O–H groups in total. The molecule has 0 saturated carbocycles. The molecule has 0 saturated heterocycles. The van der Waals surface area contributed by atoms with E-state index < -0.39 is 0 Å². The summed E-state index contributed by atoms with van der Waals surface area (Å²) in [4.78, 5) is 8.58. The molecule has 6 heteroatoms. The summed E-state index contributed by atoms with van der Waals surface area (Å²) in [6.07, 6.45) is 0. The maximum atomic E-state index is 6.05. The minimum atomic E-state index is 0.351. The van der Waals surface area contributed by atoms with Crippen LogP contribution in [-0.4, -0.2) is 16.6 Å². The first-order valence-corrected chi connectivity index (χ1v) is 7.81. The second-order valence-corrected chi connectivity index (χ2v) is 5.97. The zero-order valence-corrected chi connectivity index (χ0v) is 14.5. The van der Waals surface area contributed by atoms with Gasteiger partial charge in [0.25, 0.3) is 0 Å². The molecule has 0 amide bonds. The van der Waals surface area contributed by atoms with E-state index in [9.17, 15) is 0 Å². The third-order valence-electron chi connectivity index (χ3n) is 2.93. The van der Waals surface area contributed by atoms with Crippen LogP contribution < -0.4 is 5.32 Å². The molecule has 21 heavy (non-hydrogen) atoms. The summed E-state index contributed by atoms with van der Waals surface area (Å²) in [5.74, 6) is 1.23. The Labute approximate surface area is 138 Å². The van der Waals surface area contributed by atoms with Gasteiger partial charge in [-0.15, -0.1) is 0 Å². The smallest absolute Gasteiger partial charge is 0.158 e. The van der Waals surface area contributed by atoms with E-state index in [1.165, 1.54) is 0 Å². The van der Waals surface area contributed by atoms with Crippen LogP contribution in [0.2, 0.25) is 5.15 Å². The number of halogens is 2. The number of ether oxygens (including phenoxy) is 1. The fraction of sp³-hybridized carbons (Fsp3) is 0.333. The molecule has 0 aliphatic heterocycles. The van der Waals surface area contributed by atoms with Gasteiger partial charge in [0.05, 0.1) is 0 Å². The Balaban J connectivity index is 2.29. The van der Waals surface area contributed by atoms with Crippen LogP contribution in [0.1, 0.15) is 23.9 Å². The molecule has 0 radical (unpaired) electrons. The van der Waals surface area contributed by atoms with Crippen LogP contribution in [-0.2, 0) is 11.3 Å². The molecule has 1 aromatic carbocycles. The number of aromatic nitrogens is 2. The molecule has 0 spiro atoms. The fourth-order valence-corrected chi connectivity index (χ4v) is 2.91. The van der Waals surface area contributed by atoms with Crippen molar-refractivity contribution in [2.75, 3.05) is 11.9 Å². The molecular weight excluding hydrogens is 354 g/mol. The topological polar surface area (TPSA) is 47.0 Å². The monoisotopic (exact) mass is 369 g/mol. The maximum Gasteiger partial charge on any atom is 0.158 e. The van der Waals surface area contributed by atoms with Crippen LogP contribution in [0.15, 0.2) is 22.7 Å². The van der Waals surface area contributed by atoms with Crippen molar-refractivity contribution in [3.63, 3.8) is 0 Å². The SMILES string of the molecule is CCOCc1nc(Cl)cc(Nc2c(C)cc(Br)cc2C)n1. The number of nitrogens with zero attached hydrogens (tertiary/aromatic N) is 2. The van der Waals surface area contributed by atoms with Gasteiger partial charge in [-0.25, -0.2) is 9.97 Å². The van der Waals surface area contributed by atoms with Crippen LogP contribution in [0, 0.1) is 13.8 Å². The van der Waals surface area contributed by atoms with Crippen molar-refractivity contribution in [3.8, 4) is 0 Å². The van der Waals surface area contributed by atoms with E-state index in [2.05, 4.69) is 43.3 Å². The summed E-state index contributed by atoms with van der Waals surface area (Å²) in [7, 11) is 0. The lowest BCUT2D eigenvalue weighted by atomic mass is 10.1. The van der Waals surface area contributed by atoms with Gasteiger partial charge in [-0.2, -0.15) is 0 Å². The molecule has 4 nitrogen and oxygen atoms in total. The molecule has 0 bridgehead atoms. The predicted octanol–water partition coefficient (Wildman–Crippen LogP) is 4.79. The van der Waals surface area contributed by atoms with Crippen molar-refractivity contribution < 1.29 is 4.74 Å². The van der Waals surface area contributed by atoms with Crippen LogP contribution in [0.3, 0.4) is 0 Å². The largest absolute Gasteiger partial charge is 0.374 e. The molecule has 2 aromatic rings. The highest BCUT2D eigenvalue weighted by Gasteiger charge is 2.08. The van der Waals surface area contributed by atoms with Crippen molar-refractivity contribution in [2.24, 2.45) is 0 Å². The van der Waals surface area contributed by atoms with Crippen LogP contribution in [0.4, 0.5) is 11.5 Å². The number of aryl methyl sites for hydroxylation is 2. The lowest BCUT2D eigenvalue weighted by Crippen LogP contribution is -2.04. The third-order valence-corrected chi connectivity index (χ3v) is 3.58. The van der Waals surface area contributed by atoms with E-state index in [1.54, 1.807) is 6.07 Å². The first-order chi connectivity index (χ1) is 9.99. The maximum absolute atomic E-state index is 6.05. The van der Waals surface area contributed by atoms with Gasteiger partial charge in [0.2, 0.25) is 0 Å². The highest BCUT2D eigenvalue weighted by Crippen LogP contribution is 2.28.